The maximum atomic E-state index is 13.1. The molecular formula is C16H22FNO2. The van der Waals surface area contributed by atoms with Crippen LogP contribution in [0.15, 0.2) is 24.3 Å². The summed E-state index contributed by atoms with van der Waals surface area (Å²) in [7, 11) is 0. The van der Waals surface area contributed by atoms with Gasteiger partial charge in [0.25, 0.3) is 0 Å². The number of carboxylic acids is 1. The van der Waals surface area contributed by atoms with Crippen LogP contribution in [0, 0.1) is 5.82 Å². The summed E-state index contributed by atoms with van der Waals surface area (Å²) in [6.45, 7) is 3.47. The molecule has 1 aromatic rings. The van der Waals surface area contributed by atoms with E-state index in [1.54, 1.807) is 12.1 Å². The van der Waals surface area contributed by atoms with Crippen LogP contribution in [0.5, 0.6) is 0 Å². The molecule has 1 unspecified atom stereocenters. The standard InChI is InChI=1S/C16H22FNO2/c1-2-16(15(19)20,13-7-9-14(17)10-8-13)18-11-5-3-4-6-12-18/h7-10H,2-6,11-12H2,1H3,(H,19,20). The Labute approximate surface area is 119 Å². The minimum atomic E-state index is -1.03. The molecule has 1 heterocycles. The molecule has 0 bridgehead atoms. The summed E-state index contributed by atoms with van der Waals surface area (Å²) in [4.78, 5) is 14.1. The van der Waals surface area contributed by atoms with Crippen LogP contribution in [0.2, 0.25) is 0 Å². The Hall–Kier alpha value is -1.42. The van der Waals surface area contributed by atoms with E-state index in [0.717, 1.165) is 38.8 Å². The Morgan fingerprint density at radius 3 is 2.20 bits per heavy atom. The van der Waals surface area contributed by atoms with Gasteiger partial charge in [-0.25, -0.2) is 9.18 Å². The first-order valence-electron chi connectivity index (χ1n) is 7.35. The molecule has 0 amide bonds. The molecular weight excluding hydrogens is 257 g/mol. The molecule has 0 aromatic heterocycles. The third-order valence-corrected chi connectivity index (χ3v) is 4.33. The number of benzene rings is 1. The number of carboxylic acid groups (broad SMARTS) is 1. The molecule has 3 nitrogen and oxygen atoms in total. The highest BCUT2D eigenvalue weighted by Crippen LogP contribution is 2.34. The Bertz CT molecular complexity index is 452. The fourth-order valence-corrected chi connectivity index (χ4v) is 3.20. The minimum absolute atomic E-state index is 0.333. The summed E-state index contributed by atoms with van der Waals surface area (Å²) in [5, 5.41) is 9.86. The van der Waals surface area contributed by atoms with Gasteiger partial charge in [0.2, 0.25) is 0 Å². The van der Waals surface area contributed by atoms with Crippen molar-refractivity contribution in [3.8, 4) is 0 Å². The normalized spacial score (nSPS) is 20.1. The van der Waals surface area contributed by atoms with Crippen molar-refractivity contribution in [2.45, 2.75) is 44.6 Å². The first kappa shape index (κ1) is 15.0. The third-order valence-electron chi connectivity index (χ3n) is 4.33. The molecule has 0 spiro atoms. The van der Waals surface area contributed by atoms with Crippen LogP contribution in [0.1, 0.15) is 44.6 Å². The van der Waals surface area contributed by atoms with E-state index in [2.05, 4.69) is 4.90 Å². The second-order valence-electron chi connectivity index (χ2n) is 5.43. The average molecular weight is 279 g/mol. The lowest BCUT2D eigenvalue weighted by Gasteiger charge is -2.40. The second-order valence-corrected chi connectivity index (χ2v) is 5.43. The van der Waals surface area contributed by atoms with Gasteiger partial charge >= 0.3 is 5.97 Å². The fourth-order valence-electron chi connectivity index (χ4n) is 3.20. The number of nitrogens with zero attached hydrogens (tertiary/aromatic N) is 1. The zero-order chi connectivity index (χ0) is 14.6. The fraction of sp³-hybridized carbons (Fsp3) is 0.562. The van der Waals surface area contributed by atoms with Crippen molar-refractivity contribution in [3.63, 3.8) is 0 Å². The van der Waals surface area contributed by atoms with Gasteiger partial charge in [0.05, 0.1) is 0 Å². The molecule has 1 atom stereocenters. The van der Waals surface area contributed by atoms with Crippen molar-refractivity contribution < 1.29 is 14.3 Å². The Balaban J connectivity index is 2.43. The molecule has 0 aliphatic carbocycles. The number of likely N-dealkylation sites (tertiary alicyclic amines) is 1. The zero-order valence-corrected chi connectivity index (χ0v) is 11.9. The van der Waals surface area contributed by atoms with Gasteiger partial charge < -0.3 is 5.11 Å². The van der Waals surface area contributed by atoms with Gasteiger partial charge in [-0.2, -0.15) is 0 Å². The molecule has 0 saturated carbocycles. The maximum absolute atomic E-state index is 13.1. The predicted octanol–water partition coefficient (Wildman–Crippen LogP) is 3.39. The number of hydrogen-bond donors (Lipinski definition) is 1. The second kappa shape index (κ2) is 6.35. The monoisotopic (exact) mass is 279 g/mol. The van der Waals surface area contributed by atoms with Crippen molar-refractivity contribution in [2.24, 2.45) is 0 Å². The van der Waals surface area contributed by atoms with Crippen molar-refractivity contribution >= 4 is 5.97 Å². The van der Waals surface area contributed by atoms with Crippen LogP contribution < -0.4 is 0 Å². The SMILES string of the molecule is CCC(C(=O)O)(c1ccc(F)cc1)N1CCCCCC1. The summed E-state index contributed by atoms with van der Waals surface area (Å²) >= 11 is 0. The number of hydrogen-bond acceptors (Lipinski definition) is 2. The molecule has 20 heavy (non-hydrogen) atoms. The molecule has 2 rings (SSSR count). The Kier molecular flexibility index (Phi) is 4.76. The first-order valence-corrected chi connectivity index (χ1v) is 7.35. The van der Waals surface area contributed by atoms with E-state index in [1.165, 1.54) is 12.1 Å². The summed E-state index contributed by atoms with van der Waals surface area (Å²) in [6, 6.07) is 5.91. The maximum Gasteiger partial charge on any atom is 0.328 e. The van der Waals surface area contributed by atoms with Crippen LogP contribution in [0.3, 0.4) is 0 Å². The molecule has 1 N–H and O–H groups in total. The third kappa shape index (κ3) is 2.70. The highest BCUT2D eigenvalue weighted by atomic mass is 19.1. The van der Waals surface area contributed by atoms with Crippen LogP contribution in [0.4, 0.5) is 4.39 Å². The van der Waals surface area contributed by atoms with Gasteiger partial charge in [0.1, 0.15) is 11.4 Å². The van der Waals surface area contributed by atoms with Crippen LogP contribution in [0.25, 0.3) is 0 Å². The van der Waals surface area contributed by atoms with Crippen molar-refractivity contribution in [3.05, 3.63) is 35.6 Å². The van der Waals surface area contributed by atoms with Crippen molar-refractivity contribution in [2.75, 3.05) is 13.1 Å². The van der Waals surface area contributed by atoms with Gasteiger partial charge in [-0.3, -0.25) is 4.90 Å². The van der Waals surface area contributed by atoms with Gasteiger partial charge in [0.15, 0.2) is 0 Å². The quantitative estimate of drug-likeness (QED) is 0.918. The van der Waals surface area contributed by atoms with Crippen molar-refractivity contribution in [1.29, 1.82) is 0 Å². The minimum Gasteiger partial charge on any atom is -0.480 e. The van der Waals surface area contributed by atoms with E-state index in [0.29, 0.717) is 12.0 Å². The van der Waals surface area contributed by atoms with E-state index >= 15 is 0 Å². The predicted molar refractivity (Wildman–Crippen MR) is 76.0 cm³/mol. The lowest BCUT2D eigenvalue weighted by molar-refractivity contribution is -0.153. The number of halogens is 1. The first-order chi connectivity index (χ1) is 9.61. The van der Waals surface area contributed by atoms with Gasteiger partial charge in [-0.15, -0.1) is 0 Å². The molecule has 1 saturated heterocycles. The highest BCUT2D eigenvalue weighted by molar-refractivity contribution is 5.80. The molecule has 0 radical (unpaired) electrons. The number of carbonyl (C=O) groups is 1. The topological polar surface area (TPSA) is 40.5 Å². The summed E-state index contributed by atoms with van der Waals surface area (Å²) in [6.07, 6.45) is 4.83. The molecule has 1 aliphatic rings. The zero-order valence-electron chi connectivity index (χ0n) is 11.9. The van der Waals surface area contributed by atoms with Crippen LogP contribution in [-0.2, 0) is 10.3 Å². The molecule has 1 aliphatic heterocycles. The van der Waals surface area contributed by atoms with E-state index < -0.39 is 11.5 Å². The Morgan fingerprint density at radius 1 is 1.20 bits per heavy atom. The highest BCUT2D eigenvalue weighted by Gasteiger charge is 2.44. The van der Waals surface area contributed by atoms with E-state index in [4.69, 9.17) is 0 Å². The van der Waals surface area contributed by atoms with Crippen molar-refractivity contribution in [1.82, 2.24) is 4.90 Å². The molecule has 1 aromatic carbocycles. The van der Waals surface area contributed by atoms with E-state index in [-0.39, 0.29) is 5.82 Å². The smallest absolute Gasteiger partial charge is 0.328 e. The largest absolute Gasteiger partial charge is 0.480 e. The molecule has 110 valence electrons. The van der Waals surface area contributed by atoms with Gasteiger partial charge in [-0.1, -0.05) is 31.9 Å². The van der Waals surface area contributed by atoms with E-state index in [9.17, 15) is 14.3 Å². The van der Waals surface area contributed by atoms with Gasteiger partial charge in [0, 0.05) is 0 Å². The van der Waals surface area contributed by atoms with E-state index in [1.807, 2.05) is 6.92 Å². The van der Waals surface area contributed by atoms with Crippen LogP contribution in [-0.4, -0.2) is 29.1 Å². The Morgan fingerprint density at radius 2 is 1.75 bits per heavy atom. The lowest BCUT2D eigenvalue weighted by Crippen LogP contribution is -2.52. The van der Waals surface area contributed by atoms with Crippen LogP contribution >= 0.6 is 0 Å². The van der Waals surface area contributed by atoms with Gasteiger partial charge in [-0.05, 0) is 50.0 Å². The molecule has 4 heteroatoms. The number of aliphatic carboxylic acids is 1. The summed E-state index contributed by atoms with van der Waals surface area (Å²) in [5.41, 5.74) is -0.353. The molecule has 1 fully saturated rings. The number of rotatable bonds is 4. The summed E-state index contributed by atoms with van der Waals surface area (Å²) in [5.74, 6) is -1.17. The lowest BCUT2D eigenvalue weighted by atomic mass is 9.85. The summed E-state index contributed by atoms with van der Waals surface area (Å²) < 4.78 is 13.1. The average Bonchev–Trinajstić information content (AvgIpc) is 2.71.